The summed E-state index contributed by atoms with van der Waals surface area (Å²) in [6, 6.07) is 19.4. The van der Waals surface area contributed by atoms with Gasteiger partial charge in [0, 0.05) is 25.6 Å². The van der Waals surface area contributed by atoms with Gasteiger partial charge in [-0.3, -0.25) is 14.7 Å². The van der Waals surface area contributed by atoms with Gasteiger partial charge in [0.05, 0.1) is 18.3 Å². The highest BCUT2D eigenvalue weighted by molar-refractivity contribution is 7.11. The molecule has 1 aromatic heterocycles. The number of carbonyl (C=O) groups excluding carboxylic acids is 1. The van der Waals surface area contributed by atoms with E-state index in [9.17, 15) is 4.79 Å². The smallest absolute Gasteiger partial charge is 0.265 e. The molecule has 0 N–H and O–H groups in total. The van der Waals surface area contributed by atoms with E-state index < -0.39 is 0 Å². The fourth-order valence-corrected chi connectivity index (χ4v) is 5.95. The molecule has 35 heavy (non-hydrogen) atoms. The molecule has 0 radical (unpaired) electrons. The number of rotatable bonds is 8. The summed E-state index contributed by atoms with van der Waals surface area (Å²) in [5, 5.41) is 0. The van der Waals surface area contributed by atoms with E-state index in [-0.39, 0.29) is 5.91 Å². The van der Waals surface area contributed by atoms with Gasteiger partial charge >= 0.3 is 0 Å². The number of carbonyl (C=O) groups is 1. The van der Waals surface area contributed by atoms with Crippen molar-refractivity contribution < 1.29 is 9.53 Å². The standard InChI is InChI=1S/C29H35N3O2S/c33-29(28-18-30-22-35-28)32-13-5-9-26(20-32)21-34-27-10-4-8-25(17-27)19-31-14-11-24(12-15-31)16-23-6-2-1-3-7-23/h1-4,6-8,10,17-18,22,24,26H,5,9,11-16,19-21H2/t26-/m0/s1. The molecule has 2 aliphatic rings. The molecular weight excluding hydrogens is 454 g/mol. The summed E-state index contributed by atoms with van der Waals surface area (Å²) < 4.78 is 6.21. The summed E-state index contributed by atoms with van der Waals surface area (Å²) in [5.41, 5.74) is 4.50. The van der Waals surface area contributed by atoms with Crippen molar-refractivity contribution in [1.29, 1.82) is 0 Å². The van der Waals surface area contributed by atoms with Crippen molar-refractivity contribution >= 4 is 17.2 Å². The Morgan fingerprint density at radius 2 is 1.80 bits per heavy atom. The van der Waals surface area contributed by atoms with Crippen molar-refractivity contribution in [2.75, 3.05) is 32.8 Å². The molecule has 0 saturated carbocycles. The van der Waals surface area contributed by atoms with Crippen molar-refractivity contribution in [3.8, 4) is 5.75 Å². The lowest BCUT2D eigenvalue weighted by Crippen LogP contribution is -2.41. The lowest BCUT2D eigenvalue weighted by atomic mass is 9.90. The molecule has 5 nitrogen and oxygen atoms in total. The maximum absolute atomic E-state index is 12.7. The number of benzene rings is 2. The first-order valence-electron chi connectivity index (χ1n) is 12.9. The van der Waals surface area contributed by atoms with Gasteiger partial charge in [0.15, 0.2) is 0 Å². The summed E-state index contributed by atoms with van der Waals surface area (Å²) >= 11 is 1.41. The van der Waals surface area contributed by atoms with Crippen molar-refractivity contribution in [1.82, 2.24) is 14.8 Å². The molecule has 0 bridgehead atoms. The highest BCUT2D eigenvalue weighted by Crippen LogP contribution is 2.25. The summed E-state index contributed by atoms with van der Waals surface area (Å²) in [5.74, 6) is 2.20. The quantitative estimate of drug-likeness (QED) is 0.417. The SMILES string of the molecule is O=C(c1cncs1)N1CCC[C@H](COc2cccc(CN3CCC(Cc4ccccc4)CC3)c2)C1. The van der Waals surface area contributed by atoms with E-state index in [2.05, 4.69) is 64.5 Å². The molecule has 2 aliphatic heterocycles. The van der Waals surface area contributed by atoms with Gasteiger partial charge in [-0.1, -0.05) is 42.5 Å². The van der Waals surface area contributed by atoms with Crippen LogP contribution in [0.1, 0.15) is 46.5 Å². The van der Waals surface area contributed by atoms with Gasteiger partial charge in [0.25, 0.3) is 5.91 Å². The largest absolute Gasteiger partial charge is 0.493 e. The van der Waals surface area contributed by atoms with Gasteiger partial charge in [0.2, 0.25) is 0 Å². The van der Waals surface area contributed by atoms with Crippen LogP contribution in [0.4, 0.5) is 0 Å². The van der Waals surface area contributed by atoms with Crippen LogP contribution in [0.25, 0.3) is 0 Å². The van der Waals surface area contributed by atoms with E-state index in [1.807, 2.05) is 4.90 Å². The Hall–Kier alpha value is -2.70. The van der Waals surface area contributed by atoms with E-state index in [0.717, 1.165) is 62.1 Å². The molecule has 1 atom stereocenters. The normalized spacial score (nSPS) is 19.5. The monoisotopic (exact) mass is 489 g/mol. The maximum Gasteiger partial charge on any atom is 0.265 e. The number of nitrogens with zero attached hydrogens (tertiary/aromatic N) is 3. The molecule has 0 aliphatic carbocycles. The Bertz CT molecular complexity index is 1060. The number of aromatic nitrogens is 1. The Morgan fingerprint density at radius 1 is 0.971 bits per heavy atom. The number of hydrogen-bond donors (Lipinski definition) is 0. The van der Waals surface area contributed by atoms with E-state index >= 15 is 0 Å². The molecule has 1 amide bonds. The predicted octanol–water partition coefficient (Wildman–Crippen LogP) is 5.53. The second-order valence-electron chi connectivity index (χ2n) is 9.99. The number of piperidine rings is 2. The number of hydrogen-bond acceptors (Lipinski definition) is 5. The summed E-state index contributed by atoms with van der Waals surface area (Å²) in [6.07, 6.45) is 7.53. The van der Waals surface area contributed by atoms with Gasteiger partial charge in [-0.15, -0.1) is 11.3 Å². The number of thiazole rings is 1. The van der Waals surface area contributed by atoms with Crippen LogP contribution in [0.3, 0.4) is 0 Å². The first kappa shape index (κ1) is 24.0. The first-order chi connectivity index (χ1) is 17.2. The zero-order valence-corrected chi connectivity index (χ0v) is 21.2. The topological polar surface area (TPSA) is 45.7 Å². The van der Waals surface area contributed by atoms with Gasteiger partial charge in [-0.25, -0.2) is 0 Å². The lowest BCUT2D eigenvalue weighted by molar-refractivity contribution is 0.0638. The molecule has 184 valence electrons. The molecule has 2 aromatic carbocycles. The zero-order valence-electron chi connectivity index (χ0n) is 20.4. The zero-order chi connectivity index (χ0) is 23.9. The van der Waals surface area contributed by atoms with Gasteiger partial charge in [0.1, 0.15) is 10.6 Å². The van der Waals surface area contributed by atoms with Crippen LogP contribution in [-0.4, -0.2) is 53.5 Å². The van der Waals surface area contributed by atoms with Crippen LogP contribution in [0.2, 0.25) is 0 Å². The third-order valence-electron chi connectivity index (χ3n) is 7.31. The third kappa shape index (κ3) is 6.71. The second-order valence-corrected chi connectivity index (χ2v) is 10.9. The van der Waals surface area contributed by atoms with Crippen LogP contribution < -0.4 is 4.74 Å². The summed E-state index contributed by atoms with van der Waals surface area (Å²) in [7, 11) is 0. The molecule has 6 heteroatoms. The third-order valence-corrected chi connectivity index (χ3v) is 8.08. The predicted molar refractivity (Wildman–Crippen MR) is 141 cm³/mol. The van der Waals surface area contributed by atoms with Crippen molar-refractivity contribution in [2.24, 2.45) is 11.8 Å². The number of ether oxygens (including phenoxy) is 1. The van der Waals surface area contributed by atoms with Crippen molar-refractivity contribution in [2.45, 2.75) is 38.6 Å². The van der Waals surface area contributed by atoms with E-state index in [4.69, 9.17) is 4.74 Å². The molecule has 5 rings (SSSR count). The van der Waals surface area contributed by atoms with Gasteiger partial charge in [-0.05, 0) is 74.4 Å². The average Bonchev–Trinajstić information content (AvgIpc) is 3.44. The minimum absolute atomic E-state index is 0.103. The van der Waals surface area contributed by atoms with Crippen LogP contribution >= 0.6 is 11.3 Å². The second kappa shape index (κ2) is 11.8. The van der Waals surface area contributed by atoms with E-state index in [0.29, 0.717) is 12.5 Å². The van der Waals surface area contributed by atoms with Crippen LogP contribution in [0.5, 0.6) is 5.75 Å². The van der Waals surface area contributed by atoms with Crippen molar-refractivity contribution in [3.05, 3.63) is 82.3 Å². The van der Waals surface area contributed by atoms with Gasteiger partial charge in [-0.2, -0.15) is 0 Å². The van der Waals surface area contributed by atoms with Crippen molar-refractivity contribution in [3.63, 3.8) is 0 Å². The molecule has 2 saturated heterocycles. The molecule has 0 spiro atoms. The summed E-state index contributed by atoms with van der Waals surface area (Å²) in [6.45, 7) is 5.54. The minimum Gasteiger partial charge on any atom is -0.493 e. The van der Waals surface area contributed by atoms with Crippen LogP contribution in [0, 0.1) is 11.8 Å². The molecular formula is C29H35N3O2S. The lowest BCUT2D eigenvalue weighted by Gasteiger charge is -2.32. The average molecular weight is 490 g/mol. The summed E-state index contributed by atoms with van der Waals surface area (Å²) in [4.78, 5) is 22.0. The number of likely N-dealkylation sites (tertiary alicyclic amines) is 2. The molecule has 0 unspecified atom stereocenters. The first-order valence-corrected chi connectivity index (χ1v) is 13.8. The van der Waals surface area contributed by atoms with Gasteiger partial charge < -0.3 is 9.64 Å². The van der Waals surface area contributed by atoms with E-state index in [1.165, 1.54) is 41.7 Å². The Balaban J connectivity index is 1.07. The van der Waals surface area contributed by atoms with E-state index in [1.54, 1.807) is 11.7 Å². The van der Waals surface area contributed by atoms with Crippen LogP contribution in [-0.2, 0) is 13.0 Å². The Morgan fingerprint density at radius 3 is 2.60 bits per heavy atom. The Kier molecular flexibility index (Phi) is 8.11. The Labute approximate surface area is 212 Å². The highest BCUT2D eigenvalue weighted by Gasteiger charge is 2.26. The number of amides is 1. The maximum atomic E-state index is 12.7. The highest BCUT2D eigenvalue weighted by atomic mass is 32.1. The minimum atomic E-state index is 0.103. The molecule has 2 fully saturated rings. The van der Waals surface area contributed by atoms with Crippen LogP contribution in [0.15, 0.2) is 66.3 Å². The molecule has 3 heterocycles. The fraction of sp³-hybridized carbons (Fsp3) is 0.448. The molecule has 3 aromatic rings. The fourth-order valence-electron chi connectivity index (χ4n) is 5.36.